The molecule has 0 fully saturated rings. The fourth-order valence-corrected chi connectivity index (χ4v) is 0.141. The van der Waals surface area contributed by atoms with E-state index in [1.165, 1.54) is 0 Å². The molecule has 0 aromatic heterocycles. The summed E-state index contributed by atoms with van der Waals surface area (Å²) in [7, 11) is 0. The SMILES string of the molecule is O=[N+]([O-])CCNO. The van der Waals surface area contributed by atoms with Gasteiger partial charge in [0.25, 0.3) is 0 Å². The Hall–Kier alpha value is -0.680. The van der Waals surface area contributed by atoms with Gasteiger partial charge in [0, 0.05) is 4.92 Å². The van der Waals surface area contributed by atoms with E-state index < -0.39 is 4.92 Å². The lowest BCUT2D eigenvalue weighted by Crippen LogP contribution is -2.17. The Balaban J connectivity index is 2.82. The van der Waals surface area contributed by atoms with Gasteiger partial charge in [-0.25, -0.2) is 0 Å². The molecule has 0 aliphatic rings. The smallest absolute Gasteiger partial charge is 0.218 e. The first-order chi connectivity index (χ1) is 3.27. The second-order valence-corrected chi connectivity index (χ2v) is 0.964. The van der Waals surface area contributed by atoms with E-state index in [1.807, 2.05) is 0 Å². The van der Waals surface area contributed by atoms with Crippen LogP contribution in [0.3, 0.4) is 0 Å². The van der Waals surface area contributed by atoms with Crippen molar-refractivity contribution in [2.24, 2.45) is 0 Å². The Kier molecular flexibility index (Phi) is 3.17. The molecule has 5 heteroatoms. The van der Waals surface area contributed by atoms with Gasteiger partial charge >= 0.3 is 0 Å². The van der Waals surface area contributed by atoms with Gasteiger partial charge in [-0.3, -0.25) is 10.1 Å². The summed E-state index contributed by atoms with van der Waals surface area (Å²) in [4.78, 5) is 8.90. The molecule has 0 aliphatic carbocycles. The van der Waals surface area contributed by atoms with Gasteiger partial charge in [-0.05, 0) is 0 Å². The lowest BCUT2D eigenvalue weighted by Gasteiger charge is -1.86. The molecular formula is C2H6N2O3. The van der Waals surface area contributed by atoms with E-state index in [0.29, 0.717) is 0 Å². The van der Waals surface area contributed by atoms with Gasteiger partial charge in [-0.15, -0.1) is 0 Å². The molecule has 0 radical (unpaired) electrons. The molecule has 0 spiro atoms. The molecule has 0 unspecified atom stereocenters. The largest absolute Gasteiger partial charge is 0.317 e. The third-order valence-electron chi connectivity index (χ3n) is 0.406. The average Bonchev–Trinajstić information content (AvgIpc) is 1.61. The molecule has 0 amide bonds. The molecule has 0 atom stereocenters. The zero-order valence-electron chi connectivity index (χ0n) is 3.63. The van der Waals surface area contributed by atoms with Crippen molar-refractivity contribution in [2.45, 2.75) is 0 Å². The molecule has 0 rings (SSSR count). The summed E-state index contributed by atoms with van der Waals surface area (Å²) < 4.78 is 0. The zero-order valence-corrected chi connectivity index (χ0v) is 3.63. The van der Waals surface area contributed by atoms with E-state index in [1.54, 1.807) is 5.48 Å². The molecule has 0 aromatic rings. The highest BCUT2D eigenvalue weighted by Gasteiger charge is 1.90. The quantitative estimate of drug-likeness (QED) is 0.366. The average molecular weight is 106 g/mol. The molecule has 5 nitrogen and oxygen atoms in total. The zero-order chi connectivity index (χ0) is 5.70. The summed E-state index contributed by atoms with van der Waals surface area (Å²) in [6.45, 7) is -0.233. The van der Waals surface area contributed by atoms with Crippen LogP contribution in [0.2, 0.25) is 0 Å². The normalized spacial score (nSPS) is 8.71. The minimum atomic E-state index is -0.511. The maximum absolute atomic E-state index is 9.41. The van der Waals surface area contributed by atoms with Crippen molar-refractivity contribution in [3.05, 3.63) is 10.1 Å². The van der Waals surface area contributed by atoms with E-state index in [9.17, 15) is 10.1 Å². The fraction of sp³-hybridized carbons (Fsp3) is 1.00. The maximum atomic E-state index is 9.41. The lowest BCUT2D eigenvalue weighted by atomic mass is 10.7. The van der Waals surface area contributed by atoms with Crippen LogP contribution < -0.4 is 5.48 Å². The molecule has 0 bridgehead atoms. The summed E-state index contributed by atoms with van der Waals surface area (Å²) in [6, 6.07) is 0. The van der Waals surface area contributed by atoms with Gasteiger partial charge in [0.2, 0.25) is 6.54 Å². The summed E-state index contributed by atoms with van der Waals surface area (Å²) in [6.07, 6.45) is 0. The van der Waals surface area contributed by atoms with E-state index in [4.69, 9.17) is 5.21 Å². The van der Waals surface area contributed by atoms with Crippen molar-refractivity contribution in [1.82, 2.24) is 5.48 Å². The van der Waals surface area contributed by atoms with Crippen LogP contribution >= 0.6 is 0 Å². The van der Waals surface area contributed by atoms with Crippen molar-refractivity contribution in [2.75, 3.05) is 13.1 Å². The Bertz CT molecular complexity index is 64.0. The van der Waals surface area contributed by atoms with Crippen LogP contribution in [0.5, 0.6) is 0 Å². The second-order valence-electron chi connectivity index (χ2n) is 0.964. The highest BCUT2D eigenvalue weighted by molar-refractivity contribution is 4.26. The molecule has 7 heavy (non-hydrogen) atoms. The molecule has 0 saturated heterocycles. The molecular weight excluding hydrogens is 100 g/mol. The third-order valence-corrected chi connectivity index (χ3v) is 0.406. The molecule has 0 aliphatic heterocycles. The number of hydrogen-bond donors (Lipinski definition) is 2. The van der Waals surface area contributed by atoms with Crippen LogP contribution in [0.25, 0.3) is 0 Å². The van der Waals surface area contributed by atoms with Gasteiger partial charge in [0.15, 0.2) is 0 Å². The standard InChI is InChI=1S/C2H6N2O3/c5-3-1-2-4(6)7/h3,5H,1-2H2. The minimum absolute atomic E-state index is 0.00694. The molecule has 0 saturated carbocycles. The van der Waals surface area contributed by atoms with Gasteiger partial charge in [0.1, 0.15) is 0 Å². The Labute approximate surface area is 40.1 Å². The topological polar surface area (TPSA) is 75.4 Å². The first kappa shape index (κ1) is 6.32. The monoisotopic (exact) mass is 106 g/mol. The Morgan fingerprint density at radius 3 is 2.57 bits per heavy atom. The van der Waals surface area contributed by atoms with Crippen molar-refractivity contribution in [3.63, 3.8) is 0 Å². The predicted octanol–water partition coefficient (Wildman–Crippen LogP) is -0.758. The van der Waals surface area contributed by atoms with E-state index >= 15 is 0 Å². The number of rotatable bonds is 3. The first-order valence-corrected chi connectivity index (χ1v) is 1.76. The Morgan fingerprint density at radius 1 is 1.86 bits per heavy atom. The second kappa shape index (κ2) is 3.51. The van der Waals surface area contributed by atoms with Crippen LogP contribution in [0.1, 0.15) is 0 Å². The van der Waals surface area contributed by atoms with Gasteiger partial charge in [-0.1, -0.05) is 0 Å². The molecule has 0 heterocycles. The van der Waals surface area contributed by atoms with E-state index in [0.717, 1.165) is 0 Å². The molecule has 2 N–H and O–H groups in total. The van der Waals surface area contributed by atoms with E-state index in [2.05, 4.69) is 0 Å². The van der Waals surface area contributed by atoms with Gasteiger partial charge < -0.3 is 5.21 Å². The molecule has 0 aromatic carbocycles. The number of hydroxylamine groups is 1. The maximum Gasteiger partial charge on any atom is 0.218 e. The summed E-state index contributed by atoms with van der Waals surface area (Å²) in [5.74, 6) is 0. The fourth-order valence-electron chi connectivity index (χ4n) is 0.141. The first-order valence-electron chi connectivity index (χ1n) is 1.76. The van der Waals surface area contributed by atoms with Crippen LogP contribution in [-0.2, 0) is 0 Å². The highest BCUT2D eigenvalue weighted by atomic mass is 16.6. The number of nitrogens with one attached hydrogen (secondary N) is 1. The van der Waals surface area contributed by atoms with Crippen molar-refractivity contribution in [3.8, 4) is 0 Å². The summed E-state index contributed by atoms with van der Waals surface area (Å²) in [5, 5.41) is 17.2. The Morgan fingerprint density at radius 2 is 2.43 bits per heavy atom. The highest BCUT2D eigenvalue weighted by Crippen LogP contribution is 1.61. The third kappa shape index (κ3) is 5.32. The van der Waals surface area contributed by atoms with Crippen molar-refractivity contribution >= 4 is 0 Å². The van der Waals surface area contributed by atoms with Crippen molar-refractivity contribution < 1.29 is 10.1 Å². The van der Waals surface area contributed by atoms with Crippen LogP contribution in [0.4, 0.5) is 0 Å². The van der Waals surface area contributed by atoms with Crippen LogP contribution in [0.15, 0.2) is 0 Å². The van der Waals surface area contributed by atoms with Gasteiger partial charge in [0.05, 0.1) is 6.54 Å². The van der Waals surface area contributed by atoms with Gasteiger partial charge in [-0.2, -0.15) is 5.48 Å². The van der Waals surface area contributed by atoms with Crippen molar-refractivity contribution in [1.29, 1.82) is 0 Å². The summed E-state index contributed by atoms with van der Waals surface area (Å²) >= 11 is 0. The number of nitro groups is 1. The van der Waals surface area contributed by atoms with Crippen LogP contribution in [-0.4, -0.2) is 23.2 Å². The molecule has 42 valence electrons. The van der Waals surface area contributed by atoms with E-state index in [-0.39, 0.29) is 13.1 Å². The lowest BCUT2D eigenvalue weighted by molar-refractivity contribution is -0.479. The summed E-state index contributed by atoms with van der Waals surface area (Å²) in [5.41, 5.74) is 1.66. The number of nitrogens with zero attached hydrogens (tertiary/aromatic N) is 1. The van der Waals surface area contributed by atoms with Crippen LogP contribution in [0, 0.1) is 10.1 Å². The minimum Gasteiger partial charge on any atom is -0.317 e. The number of hydrogen-bond acceptors (Lipinski definition) is 4. The predicted molar refractivity (Wildman–Crippen MR) is 21.7 cm³/mol.